The lowest BCUT2D eigenvalue weighted by molar-refractivity contribution is -0.146. The van der Waals surface area contributed by atoms with Crippen molar-refractivity contribution in [3.05, 3.63) is 0 Å². The molecule has 4 heteroatoms. The van der Waals surface area contributed by atoms with Gasteiger partial charge in [0.25, 0.3) is 0 Å². The van der Waals surface area contributed by atoms with E-state index in [0.717, 1.165) is 5.75 Å². The van der Waals surface area contributed by atoms with Gasteiger partial charge < -0.3 is 10.4 Å². The maximum absolute atomic E-state index is 10.8. The van der Waals surface area contributed by atoms with Gasteiger partial charge in [0.15, 0.2) is 0 Å². The molecule has 76 valence electrons. The number of carboxylic acid groups (broad SMARTS) is 1. The molecule has 1 rings (SSSR count). The summed E-state index contributed by atoms with van der Waals surface area (Å²) in [5, 5.41) is 12.2. The Balaban J connectivity index is 2.28. The topological polar surface area (TPSA) is 49.3 Å². The molecular formula is C9H17NO2S. The molecule has 0 aromatic heterocycles. The van der Waals surface area contributed by atoms with E-state index in [4.69, 9.17) is 5.11 Å². The Labute approximate surface area is 83.3 Å². The molecule has 2 N–H and O–H groups in total. The Morgan fingerprint density at radius 1 is 1.69 bits per heavy atom. The largest absolute Gasteiger partial charge is 0.481 e. The number of hydrogen-bond donors (Lipinski definition) is 2. The Hall–Kier alpha value is -0.220. The van der Waals surface area contributed by atoms with Gasteiger partial charge >= 0.3 is 5.97 Å². The van der Waals surface area contributed by atoms with Gasteiger partial charge in [-0.3, -0.25) is 4.79 Å². The maximum atomic E-state index is 10.8. The SMILES string of the molecule is CC(C)(CNC1CCSC1)C(=O)O. The molecule has 0 amide bonds. The monoisotopic (exact) mass is 203 g/mol. The minimum atomic E-state index is -0.731. The maximum Gasteiger partial charge on any atom is 0.310 e. The molecule has 1 atom stereocenters. The van der Waals surface area contributed by atoms with Gasteiger partial charge in [-0.2, -0.15) is 11.8 Å². The highest BCUT2D eigenvalue weighted by Crippen LogP contribution is 2.19. The third kappa shape index (κ3) is 3.19. The van der Waals surface area contributed by atoms with E-state index in [1.54, 1.807) is 13.8 Å². The summed E-state index contributed by atoms with van der Waals surface area (Å²) in [7, 11) is 0. The van der Waals surface area contributed by atoms with Crippen LogP contribution in [0.1, 0.15) is 20.3 Å². The average molecular weight is 203 g/mol. The number of carbonyl (C=O) groups is 1. The van der Waals surface area contributed by atoms with Gasteiger partial charge in [-0.05, 0) is 26.0 Å². The minimum absolute atomic E-state index is 0.517. The van der Waals surface area contributed by atoms with Crippen LogP contribution in [-0.2, 0) is 4.79 Å². The highest BCUT2D eigenvalue weighted by atomic mass is 32.2. The molecular weight excluding hydrogens is 186 g/mol. The first kappa shape index (κ1) is 10.9. The van der Waals surface area contributed by atoms with Gasteiger partial charge in [0.1, 0.15) is 0 Å². The van der Waals surface area contributed by atoms with E-state index < -0.39 is 11.4 Å². The van der Waals surface area contributed by atoms with Crippen LogP contribution in [0.15, 0.2) is 0 Å². The molecule has 1 heterocycles. The van der Waals surface area contributed by atoms with Crippen molar-refractivity contribution in [1.29, 1.82) is 0 Å². The first-order valence-electron chi connectivity index (χ1n) is 4.57. The number of aliphatic carboxylic acids is 1. The third-order valence-corrected chi connectivity index (χ3v) is 3.50. The Morgan fingerprint density at radius 2 is 2.38 bits per heavy atom. The summed E-state index contributed by atoms with van der Waals surface area (Å²) in [6.45, 7) is 4.07. The second kappa shape index (κ2) is 4.33. The first-order chi connectivity index (χ1) is 6.02. The lowest BCUT2D eigenvalue weighted by atomic mass is 9.93. The van der Waals surface area contributed by atoms with Crippen LogP contribution >= 0.6 is 11.8 Å². The lowest BCUT2D eigenvalue weighted by Crippen LogP contribution is -2.41. The molecule has 1 aliphatic rings. The Bertz CT molecular complexity index is 188. The molecule has 0 aromatic rings. The summed E-state index contributed by atoms with van der Waals surface area (Å²) < 4.78 is 0. The number of carboxylic acids is 1. The first-order valence-corrected chi connectivity index (χ1v) is 5.72. The van der Waals surface area contributed by atoms with Gasteiger partial charge in [-0.25, -0.2) is 0 Å². The fourth-order valence-corrected chi connectivity index (χ4v) is 2.36. The van der Waals surface area contributed by atoms with Gasteiger partial charge in [0, 0.05) is 18.3 Å². The summed E-state index contributed by atoms with van der Waals surface area (Å²) in [4.78, 5) is 10.8. The lowest BCUT2D eigenvalue weighted by Gasteiger charge is -2.22. The Kier molecular flexibility index (Phi) is 3.62. The van der Waals surface area contributed by atoms with E-state index in [2.05, 4.69) is 5.32 Å². The summed E-state index contributed by atoms with van der Waals surface area (Å²) in [6.07, 6.45) is 1.17. The highest BCUT2D eigenvalue weighted by molar-refractivity contribution is 7.99. The van der Waals surface area contributed by atoms with Crippen LogP contribution in [0.25, 0.3) is 0 Å². The molecule has 1 unspecified atom stereocenters. The van der Waals surface area contributed by atoms with E-state index in [1.807, 2.05) is 11.8 Å². The van der Waals surface area contributed by atoms with Crippen molar-refractivity contribution in [1.82, 2.24) is 5.32 Å². The van der Waals surface area contributed by atoms with E-state index in [-0.39, 0.29) is 0 Å². The van der Waals surface area contributed by atoms with E-state index in [1.165, 1.54) is 12.2 Å². The molecule has 0 radical (unpaired) electrons. The van der Waals surface area contributed by atoms with Crippen molar-refractivity contribution in [2.45, 2.75) is 26.3 Å². The summed E-state index contributed by atoms with van der Waals surface area (Å²) in [5.74, 6) is 1.59. The van der Waals surface area contributed by atoms with Crippen molar-refractivity contribution < 1.29 is 9.90 Å². The number of rotatable bonds is 4. The summed E-state index contributed by atoms with van der Waals surface area (Å²) >= 11 is 1.93. The fourth-order valence-electron chi connectivity index (χ4n) is 1.17. The van der Waals surface area contributed by atoms with Crippen LogP contribution < -0.4 is 5.32 Å². The highest BCUT2D eigenvalue weighted by Gasteiger charge is 2.28. The number of thioether (sulfide) groups is 1. The fraction of sp³-hybridized carbons (Fsp3) is 0.889. The van der Waals surface area contributed by atoms with Gasteiger partial charge in [0.2, 0.25) is 0 Å². The van der Waals surface area contributed by atoms with Crippen LogP contribution in [0.3, 0.4) is 0 Å². The van der Waals surface area contributed by atoms with E-state index in [0.29, 0.717) is 12.6 Å². The molecule has 0 aromatic carbocycles. The zero-order valence-corrected chi connectivity index (χ0v) is 8.99. The van der Waals surface area contributed by atoms with Gasteiger partial charge in [-0.15, -0.1) is 0 Å². The predicted octanol–water partition coefficient (Wildman–Crippen LogP) is 1.19. The minimum Gasteiger partial charge on any atom is -0.481 e. The van der Waals surface area contributed by atoms with Crippen LogP contribution in [0, 0.1) is 5.41 Å². The number of nitrogens with one attached hydrogen (secondary N) is 1. The van der Waals surface area contributed by atoms with Crippen molar-refractivity contribution in [2.75, 3.05) is 18.1 Å². The molecule has 0 aliphatic carbocycles. The van der Waals surface area contributed by atoms with Crippen LogP contribution in [0.2, 0.25) is 0 Å². The third-order valence-electron chi connectivity index (χ3n) is 2.34. The second-order valence-electron chi connectivity index (χ2n) is 4.13. The van der Waals surface area contributed by atoms with E-state index in [9.17, 15) is 4.79 Å². The average Bonchev–Trinajstić information content (AvgIpc) is 2.52. The van der Waals surface area contributed by atoms with Crippen molar-refractivity contribution in [3.8, 4) is 0 Å². The molecule has 13 heavy (non-hydrogen) atoms. The van der Waals surface area contributed by atoms with Crippen LogP contribution in [0.4, 0.5) is 0 Å². The number of hydrogen-bond acceptors (Lipinski definition) is 3. The normalized spacial score (nSPS) is 23.4. The second-order valence-corrected chi connectivity index (χ2v) is 5.28. The molecule has 0 saturated carbocycles. The van der Waals surface area contributed by atoms with Crippen LogP contribution in [-0.4, -0.2) is 35.2 Å². The molecule has 0 bridgehead atoms. The molecule has 1 aliphatic heterocycles. The Morgan fingerprint density at radius 3 is 2.85 bits per heavy atom. The molecule has 0 spiro atoms. The smallest absolute Gasteiger partial charge is 0.310 e. The summed E-state index contributed by atoms with van der Waals surface area (Å²) in [6, 6.07) is 0.517. The molecule has 1 saturated heterocycles. The predicted molar refractivity (Wildman–Crippen MR) is 55.1 cm³/mol. The zero-order chi connectivity index (χ0) is 9.90. The quantitative estimate of drug-likeness (QED) is 0.720. The summed E-state index contributed by atoms with van der Waals surface area (Å²) in [5.41, 5.74) is -0.646. The van der Waals surface area contributed by atoms with Gasteiger partial charge in [0.05, 0.1) is 5.41 Å². The van der Waals surface area contributed by atoms with Crippen molar-refractivity contribution in [2.24, 2.45) is 5.41 Å². The van der Waals surface area contributed by atoms with Crippen molar-refractivity contribution >= 4 is 17.7 Å². The van der Waals surface area contributed by atoms with Gasteiger partial charge in [-0.1, -0.05) is 0 Å². The van der Waals surface area contributed by atoms with Crippen LogP contribution in [0.5, 0.6) is 0 Å². The standard InChI is InChI=1S/C9H17NO2S/c1-9(2,8(11)12)6-10-7-3-4-13-5-7/h7,10H,3-6H2,1-2H3,(H,11,12). The van der Waals surface area contributed by atoms with E-state index >= 15 is 0 Å². The molecule has 3 nitrogen and oxygen atoms in total. The van der Waals surface area contributed by atoms with Crippen molar-refractivity contribution in [3.63, 3.8) is 0 Å². The zero-order valence-electron chi connectivity index (χ0n) is 8.17. The molecule has 1 fully saturated rings.